The van der Waals surface area contributed by atoms with Crippen LogP contribution in [-0.4, -0.2) is 47.5 Å². The van der Waals surface area contributed by atoms with Crippen LogP contribution in [0.15, 0.2) is 30.3 Å². The summed E-state index contributed by atoms with van der Waals surface area (Å²) in [6.45, 7) is 11.6. The van der Waals surface area contributed by atoms with Crippen LogP contribution < -0.4 is 0 Å². The van der Waals surface area contributed by atoms with Crippen LogP contribution in [-0.2, 0) is 19.0 Å². The van der Waals surface area contributed by atoms with Crippen LogP contribution in [0.5, 0.6) is 0 Å². The van der Waals surface area contributed by atoms with Crippen molar-refractivity contribution in [3.05, 3.63) is 35.9 Å². The van der Waals surface area contributed by atoms with E-state index in [2.05, 4.69) is 0 Å². The van der Waals surface area contributed by atoms with Crippen LogP contribution >= 0.6 is 0 Å². The number of amides is 1. The second-order valence-corrected chi connectivity index (χ2v) is 8.20. The topological polar surface area (TPSA) is 65.1 Å². The molecule has 27 heavy (non-hydrogen) atoms. The van der Waals surface area contributed by atoms with Crippen molar-refractivity contribution in [1.82, 2.24) is 4.90 Å². The summed E-state index contributed by atoms with van der Waals surface area (Å²) in [4.78, 5) is 26.8. The zero-order valence-electron chi connectivity index (χ0n) is 17.2. The van der Waals surface area contributed by atoms with Crippen molar-refractivity contribution in [3.8, 4) is 0 Å². The van der Waals surface area contributed by atoms with Crippen LogP contribution in [0.2, 0.25) is 0 Å². The number of rotatable bonds is 5. The molecule has 1 fully saturated rings. The van der Waals surface area contributed by atoms with E-state index < -0.39 is 17.4 Å². The number of esters is 1. The molecule has 0 spiro atoms. The molecule has 0 N–H and O–H groups in total. The van der Waals surface area contributed by atoms with Gasteiger partial charge in [-0.15, -0.1) is 0 Å². The fraction of sp³-hybridized carbons (Fsp3) is 0.619. The molecule has 0 saturated carbocycles. The number of hydrogen-bond donors (Lipinski definition) is 0. The van der Waals surface area contributed by atoms with E-state index in [0.717, 1.165) is 5.56 Å². The highest BCUT2D eigenvalue weighted by atomic mass is 16.6. The maximum absolute atomic E-state index is 12.9. The minimum Gasteiger partial charge on any atom is -0.466 e. The standard InChI is InChI=1S/C21H31NO5/c1-7-25-18(23)13-16(15-11-9-8-10-12-15)17-14-26-21(5,6)22(17)19(24)27-20(2,3)4/h8-12,16-17H,7,13-14H2,1-6H3/t16-,17+/m0/s1. The first kappa shape index (κ1) is 21.2. The van der Waals surface area contributed by atoms with Gasteiger partial charge in [0.25, 0.3) is 0 Å². The molecule has 0 radical (unpaired) electrons. The molecule has 0 bridgehead atoms. The SMILES string of the molecule is CCOC(=O)C[C@@H](c1ccccc1)[C@H]1COC(C)(C)N1C(=O)OC(C)(C)C. The van der Waals surface area contributed by atoms with Crippen molar-refractivity contribution < 1.29 is 23.8 Å². The van der Waals surface area contributed by atoms with Gasteiger partial charge in [-0.1, -0.05) is 30.3 Å². The summed E-state index contributed by atoms with van der Waals surface area (Å²) in [7, 11) is 0. The molecule has 1 aromatic carbocycles. The molecule has 1 saturated heterocycles. The Kier molecular flexibility index (Phi) is 6.52. The molecular formula is C21H31NO5. The first-order chi connectivity index (χ1) is 12.5. The third-order valence-corrected chi connectivity index (χ3v) is 4.49. The van der Waals surface area contributed by atoms with Crippen molar-refractivity contribution in [2.45, 2.75) is 71.2 Å². The summed E-state index contributed by atoms with van der Waals surface area (Å²) >= 11 is 0. The van der Waals surface area contributed by atoms with Gasteiger partial charge >= 0.3 is 12.1 Å². The monoisotopic (exact) mass is 377 g/mol. The number of nitrogens with zero attached hydrogens (tertiary/aromatic N) is 1. The van der Waals surface area contributed by atoms with Gasteiger partial charge in [0.1, 0.15) is 11.3 Å². The first-order valence-electron chi connectivity index (χ1n) is 9.42. The van der Waals surface area contributed by atoms with E-state index in [4.69, 9.17) is 14.2 Å². The largest absolute Gasteiger partial charge is 0.466 e. The molecule has 2 atom stereocenters. The Morgan fingerprint density at radius 3 is 2.44 bits per heavy atom. The van der Waals surface area contributed by atoms with Gasteiger partial charge in [0.15, 0.2) is 0 Å². The van der Waals surface area contributed by atoms with Crippen molar-refractivity contribution in [2.75, 3.05) is 13.2 Å². The van der Waals surface area contributed by atoms with E-state index >= 15 is 0 Å². The zero-order valence-corrected chi connectivity index (χ0v) is 17.2. The van der Waals surface area contributed by atoms with Gasteiger partial charge in [-0.25, -0.2) is 4.79 Å². The summed E-state index contributed by atoms with van der Waals surface area (Å²) < 4.78 is 16.7. The molecule has 1 heterocycles. The molecule has 0 aromatic heterocycles. The van der Waals surface area contributed by atoms with Crippen molar-refractivity contribution in [1.29, 1.82) is 0 Å². The molecule has 0 aliphatic carbocycles. The lowest BCUT2D eigenvalue weighted by atomic mass is 9.88. The lowest BCUT2D eigenvalue weighted by Crippen LogP contribution is -2.51. The fourth-order valence-electron chi connectivity index (χ4n) is 3.37. The van der Waals surface area contributed by atoms with Crippen molar-refractivity contribution in [2.24, 2.45) is 0 Å². The molecule has 1 aliphatic rings. The van der Waals surface area contributed by atoms with E-state index in [0.29, 0.717) is 13.2 Å². The van der Waals surface area contributed by atoms with Gasteiger partial charge in [0, 0.05) is 5.92 Å². The Hall–Kier alpha value is -2.08. The molecule has 150 valence electrons. The van der Waals surface area contributed by atoms with Crippen LogP contribution in [0.25, 0.3) is 0 Å². The Bertz CT molecular complexity index is 650. The lowest BCUT2D eigenvalue weighted by molar-refractivity contribution is -0.144. The van der Waals surface area contributed by atoms with Gasteiger partial charge < -0.3 is 14.2 Å². The fourth-order valence-corrected chi connectivity index (χ4v) is 3.37. The maximum atomic E-state index is 12.9. The van der Waals surface area contributed by atoms with E-state index in [-0.39, 0.29) is 24.3 Å². The zero-order chi connectivity index (χ0) is 20.2. The molecule has 1 aliphatic heterocycles. The molecule has 1 amide bonds. The summed E-state index contributed by atoms with van der Waals surface area (Å²) in [5.41, 5.74) is -0.483. The number of carbonyl (C=O) groups is 2. The van der Waals surface area contributed by atoms with E-state index in [1.54, 1.807) is 11.8 Å². The Balaban J connectivity index is 2.36. The summed E-state index contributed by atoms with van der Waals surface area (Å²) in [6, 6.07) is 9.36. The molecule has 1 aromatic rings. The third-order valence-electron chi connectivity index (χ3n) is 4.49. The van der Waals surface area contributed by atoms with Crippen molar-refractivity contribution in [3.63, 3.8) is 0 Å². The molecule has 0 unspecified atom stereocenters. The maximum Gasteiger partial charge on any atom is 0.412 e. The minimum absolute atomic E-state index is 0.168. The van der Waals surface area contributed by atoms with Crippen LogP contribution in [0.1, 0.15) is 59.4 Å². The van der Waals surface area contributed by atoms with Gasteiger partial charge in [-0.2, -0.15) is 0 Å². The highest BCUT2D eigenvalue weighted by Crippen LogP contribution is 2.38. The Labute approximate surface area is 161 Å². The van der Waals surface area contributed by atoms with Gasteiger partial charge in [0.2, 0.25) is 0 Å². The second-order valence-electron chi connectivity index (χ2n) is 8.20. The van der Waals surface area contributed by atoms with E-state index in [1.165, 1.54) is 0 Å². The summed E-state index contributed by atoms with van der Waals surface area (Å²) in [5, 5.41) is 0. The molecular weight excluding hydrogens is 346 g/mol. The molecule has 6 heteroatoms. The second kappa shape index (κ2) is 8.30. The number of ether oxygens (including phenoxy) is 3. The smallest absolute Gasteiger partial charge is 0.412 e. The summed E-state index contributed by atoms with van der Waals surface area (Å²) in [5.74, 6) is -0.542. The Morgan fingerprint density at radius 2 is 1.89 bits per heavy atom. The predicted octanol–water partition coefficient (Wildman–Crippen LogP) is 4.10. The average Bonchev–Trinajstić information content (AvgIpc) is 2.87. The number of benzene rings is 1. The first-order valence-corrected chi connectivity index (χ1v) is 9.42. The Morgan fingerprint density at radius 1 is 1.26 bits per heavy atom. The third kappa shape index (κ3) is 5.45. The van der Waals surface area contributed by atoms with Gasteiger partial charge in [0.05, 0.1) is 25.7 Å². The highest BCUT2D eigenvalue weighted by molar-refractivity contribution is 5.72. The highest BCUT2D eigenvalue weighted by Gasteiger charge is 2.49. The summed E-state index contributed by atoms with van der Waals surface area (Å²) in [6.07, 6.45) is -0.277. The number of hydrogen-bond acceptors (Lipinski definition) is 5. The molecule has 2 rings (SSSR count). The normalized spacial score (nSPS) is 20.2. The number of carbonyl (C=O) groups excluding carboxylic acids is 2. The van der Waals surface area contributed by atoms with Crippen LogP contribution in [0.3, 0.4) is 0 Å². The minimum atomic E-state index is -0.825. The lowest BCUT2D eigenvalue weighted by Gasteiger charge is -2.37. The van der Waals surface area contributed by atoms with Crippen molar-refractivity contribution >= 4 is 12.1 Å². The van der Waals surface area contributed by atoms with E-state index in [1.807, 2.05) is 65.0 Å². The van der Waals surface area contributed by atoms with Gasteiger partial charge in [-0.3, -0.25) is 9.69 Å². The van der Waals surface area contributed by atoms with Crippen LogP contribution in [0.4, 0.5) is 4.79 Å². The molecule has 6 nitrogen and oxygen atoms in total. The van der Waals surface area contributed by atoms with E-state index in [9.17, 15) is 9.59 Å². The predicted molar refractivity (Wildman–Crippen MR) is 102 cm³/mol. The average molecular weight is 377 g/mol. The quantitative estimate of drug-likeness (QED) is 0.723. The van der Waals surface area contributed by atoms with Gasteiger partial charge in [-0.05, 0) is 47.1 Å². The van der Waals surface area contributed by atoms with Crippen LogP contribution in [0, 0.1) is 0 Å².